The molecular weight excluding hydrogens is 423 g/mol. The summed E-state index contributed by atoms with van der Waals surface area (Å²) in [6.45, 7) is 7.11. The van der Waals surface area contributed by atoms with Gasteiger partial charge in [-0.25, -0.2) is 0 Å². The van der Waals surface area contributed by atoms with E-state index in [1.807, 2.05) is 12.1 Å². The highest BCUT2D eigenvalue weighted by atomic mass is 31.2. The fourth-order valence-corrected chi connectivity index (χ4v) is 6.68. The zero-order valence-electron chi connectivity index (χ0n) is 19.2. The molecule has 0 spiro atoms. The molecule has 0 aliphatic carbocycles. The third-order valence-corrected chi connectivity index (χ3v) is 8.33. The van der Waals surface area contributed by atoms with Crippen molar-refractivity contribution < 1.29 is 23.6 Å². The molecule has 0 radical (unpaired) electrons. The van der Waals surface area contributed by atoms with Gasteiger partial charge in [0.05, 0.1) is 19.5 Å². The van der Waals surface area contributed by atoms with E-state index in [1.165, 1.54) is 26.4 Å². The maximum Gasteiger partial charge on any atom is 0.252 e. The zero-order valence-corrected chi connectivity index (χ0v) is 20.1. The maximum atomic E-state index is 14.8. The highest BCUT2D eigenvalue weighted by Gasteiger charge is 2.46. The van der Waals surface area contributed by atoms with Gasteiger partial charge in [0.25, 0.3) is 7.14 Å². The molecule has 0 unspecified atom stereocenters. The van der Waals surface area contributed by atoms with Crippen LogP contribution in [0, 0.1) is 27.7 Å². The van der Waals surface area contributed by atoms with Crippen molar-refractivity contribution in [2.75, 3.05) is 14.2 Å². The highest BCUT2D eigenvalue weighted by molar-refractivity contribution is 8.01. The molecular formula is C26H27O5P. The first-order valence-electron chi connectivity index (χ1n) is 10.2. The topological polar surface area (TPSA) is 69.7 Å². The largest absolute Gasteiger partial charge is 0.497 e. The van der Waals surface area contributed by atoms with Gasteiger partial charge < -0.3 is 14.0 Å². The summed E-state index contributed by atoms with van der Waals surface area (Å²) in [7, 11) is -1.44. The lowest BCUT2D eigenvalue weighted by Gasteiger charge is -2.22. The second-order valence-electron chi connectivity index (χ2n) is 7.79. The van der Waals surface area contributed by atoms with E-state index < -0.39 is 18.2 Å². The van der Waals surface area contributed by atoms with Crippen LogP contribution in [0.25, 0.3) is 0 Å². The van der Waals surface area contributed by atoms with Crippen LogP contribution in [-0.2, 0) is 4.57 Å². The fourth-order valence-electron chi connectivity index (χ4n) is 3.97. The standard InChI is InChI=1S/C26H27O5P/c1-16-9-7-10-17(2)23(16)25(27)32(29,22-14-13-20(30-5)15-21(22)31-6)26(28)24-18(3)11-8-12-19(24)4/h7-15H,1-6H3. The molecule has 0 aliphatic rings. The van der Waals surface area contributed by atoms with Gasteiger partial charge in [0.2, 0.25) is 11.0 Å². The number of aryl methyl sites for hydroxylation is 4. The van der Waals surface area contributed by atoms with Crippen LogP contribution in [0.4, 0.5) is 0 Å². The monoisotopic (exact) mass is 450 g/mol. The SMILES string of the molecule is COc1ccc(P(=O)(C(=O)c2c(C)cccc2C)C(=O)c2c(C)cccc2C)c(OC)c1. The number of methoxy groups -OCH3 is 2. The van der Waals surface area contributed by atoms with Crippen LogP contribution < -0.4 is 14.8 Å². The summed E-state index contributed by atoms with van der Waals surface area (Å²) in [6, 6.07) is 15.4. The average Bonchev–Trinajstić information content (AvgIpc) is 2.77. The Kier molecular flexibility index (Phi) is 6.71. The minimum atomic E-state index is -4.35. The van der Waals surface area contributed by atoms with E-state index in [4.69, 9.17) is 9.47 Å². The van der Waals surface area contributed by atoms with E-state index >= 15 is 0 Å². The Balaban J connectivity index is 2.38. The van der Waals surface area contributed by atoms with Crippen LogP contribution in [0.3, 0.4) is 0 Å². The van der Waals surface area contributed by atoms with Crippen molar-refractivity contribution in [2.45, 2.75) is 27.7 Å². The summed E-state index contributed by atoms with van der Waals surface area (Å²) < 4.78 is 25.5. The van der Waals surface area contributed by atoms with Crippen molar-refractivity contribution >= 4 is 23.5 Å². The molecule has 3 rings (SSSR count). The van der Waals surface area contributed by atoms with Crippen molar-refractivity contribution in [3.05, 3.63) is 88.0 Å². The van der Waals surface area contributed by atoms with Crippen molar-refractivity contribution in [3.63, 3.8) is 0 Å². The van der Waals surface area contributed by atoms with Crippen LogP contribution in [-0.4, -0.2) is 25.3 Å². The van der Waals surface area contributed by atoms with Gasteiger partial charge in [-0.2, -0.15) is 0 Å². The molecule has 3 aromatic rings. The van der Waals surface area contributed by atoms with E-state index in [0.717, 1.165) is 0 Å². The van der Waals surface area contributed by atoms with Gasteiger partial charge >= 0.3 is 0 Å². The Morgan fingerprint density at radius 2 is 1.12 bits per heavy atom. The number of carbonyl (C=O) groups is 2. The first-order valence-corrected chi connectivity index (χ1v) is 11.9. The second kappa shape index (κ2) is 9.13. The van der Waals surface area contributed by atoms with Gasteiger partial charge in [0, 0.05) is 17.2 Å². The molecule has 0 saturated carbocycles. The highest BCUT2D eigenvalue weighted by Crippen LogP contribution is 2.54. The molecule has 0 aromatic heterocycles. The zero-order chi connectivity index (χ0) is 23.6. The first kappa shape index (κ1) is 23.5. The molecule has 5 nitrogen and oxygen atoms in total. The van der Waals surface area contributed by atoms with E-state index in [9.17, 15) is 14.2 Å². The second-order valence-corrected chi connectivity index (χ2v) is 10.3. The fraction of sp³-hybridized carbons (Fsp3) is 0.231. The molecule has 32 heavy (non-hydrogen) atoms. The lowest BCUT2D eigenvalue weighted by molar-refractivity contribution is 0.104. The summed E-state index contributed by atoms with van der Waals surface area (Å²) >= 11 is 0. The van der Waals surface area contributed by atoms with Crippen LogP contribution in [0.1, 0.15) is 43.0 Å². The van der Waals surface area contributed by atoms with Crippen LogP contribution in [0.15, 0.2) is 54.6 Å². The number of ether oxygens (including phenoxy) is 2. The number of hydrogen-bond donors (Lipinski definition) is 0. The van der Waals surface area contributed by atoms with Gasteiger partial charge in [0.1, 0.15) is 11.5 Å². The lowest BCUT2D eigenvalue weighted by Crippen LogP contribution is -2.24. The summed E-state index contributed by atoms with van der Waals surface area (Å²) in [5.74, 6) is 0.642. The van der Waals surface area contributed by atoms with E-state index in [2.05, 4.69) is 0 Å². The summed E-state index contributed by atoms with van der Waals surface area (Å²) in [5.41, 5.74) is 1.87. The smallest absolute Gasteiger partial charge is 0.252 e. The molecule has 166 valence electrons. The molecule has 0 amide bonds. The minimum absolute atomic E-state index is 0.0705. The summed E-state index contributed by atoms with van der Waals surface area (Å²) in [4.78, 5) is 28.0. The van der Waals surface area contributed by atoms with Gasteiger partial charge in [-0.1, -0.05) is 36.4 Å². The lowest BCUT2D eigenvalue weighted by atomic mass is 10.0. The Morgan fingerprint density at radius 3 is 1.50 bits per heavy atom. The number of carbonyl (C=O) groups excluding carboxylic acids is 2. The van der Waals surface area contributed by atoms with Crippen LogP contribution in [0.2, 0.25) is 0 Å². The van der Waals surface area contributed by atoms with Gasteiger partial charge in [0.15, 0.2) is 0 Å². The Bertz CT molecular complexity index is 1150. The quantitative estimate of drug-likeness (QED) is 0.438. The average molecular weight is 450 g/mol. The van der Waals surface area contributed by atoms with Gasteiger partial charge in [-0.3, -0.25) is 9.59 Å². The predicted octanol–water partition coefficient (Wildman–Crippen LogP) is 5.61. The third-order valence-electron chi connectivity index (χ3n) is 5.69. The Morgan fingerprint density at radius 1 is 0.688 bits per heavy atom. The molecule has 0 heterocycles. The predicted molar refractivity (Wildman–Crippen MR) is 127 cm³/mol. The molecule has 0 bridgehead atoms. The molecule has 0 fully saturated rings. The minimum Gasteiger partial charge on any atom is -0.497 e. The first-order chi connectivity index (χ1) is 15.2. The molecule has 6 heteroatoms. The number of benzene rings is 3. The molecule has 3 aromatic carbocycles. The van der Waals surface area contributed by atoms with E-state index in [-0.39, 0.29) is 11.1 Å². The molecule has 0 aliphatic heterocycles. The van der Waals surface area contributed by atoms with Crippen molar-refractivity contribution in [1.29, 1.82) is 0 Å². The molecule has 0 N–H and O–H groups in total. The third kappa shape index (κ3) is 3.89. The summed E-state index contributed by atoms with van der Waals surface area (Å²) in [5, 5.41) is 0.0705. The van der Waals surface area contributed by atoms with Crippen molar-refractivity contribution in [3.8, 4) is 11.5 Å². The van der Waals surface area contributed by atoms with Crippen LogP contribution >= 0.6 is 7.14 Å². The van der Waals surface area contributed by atoms with E-state index in [1.54, 1.807) is 58.0 Å². The van der Waals surface area contributed by atoms with Crippen LogP contribution in [0.5, 0.6) is 11.5 Å². The number of hydrogen-bond acceptors (Lipinski definition) is 5. The van der Waals surface area contributed by atoms with Crippen molar-refractivity contribution in [1.82, 2.24) is 0 Å². The van der Waals surface area contributed by atoms with E-state index in [0.29, 0.717) is 39.1 Å². The van der Waals surface area contributed by atoms with Gasteiger partial charge in [-0.15, -0.1) is 0 Å². The molecule has 0 atom stereocenters. The van der Waals surface area contributed by atoms with Crippen molar-refractivity contribution in [2.24, 2.45) is 0 Å². The molecule has 0 saturated heterocycles. The summed E-state index contributed by atoms with van der Waals surface area (Å²) in [6.07, 6.45) is 0. The Hall–Kier alpha value is -3.17. The maximum absolute atomic E-state index is 14.8. The normalized spacial score (nSPS) is 11.2. The number of rotatable bonds is 7. The Labute approximate surface area is 188 Å². The van der Waals surface area contributed by atoms with Gasteiger partial charge in [-0.05, 0) is 62.1 Å².